The normalized spacial score (nSPS) is 18.8. The Hall–Kier alpha value is -0.970. The van der Waals surface area contributed by atoms with Crippen molar-refractivity contribution in [1.29, 1.82) is 0 Å². The highest BCUT2D eigenvalue weighted by Crippen LogP contribution is 2.33. The van der Waals surface area contributed by atoms with Gasteiger partial charge in [0.15, 0.2) is 6.29 Å². The number of hydrogen-bond acceptors (Lipinski definition) is 2. The highest BCUT2D eigenvalue weighted by atomic mass is 79.9. The fraction of sp³-hybridized carbons (Fsp3) is 0.364. The molecule has 1 heterocycles. The van der Waals surface area contributed by atoms with E-state index in [2.05, 4.69) is 15.9 Å². The van der Waals surface area contributed by atoms with Crippen LogP contribution in [0.1, 0.15) is 16.8 Å². The summed E-state index contributed by atoms with van der Waals surface area (Å²) in [6, 6.07) is 5.08. The van der Waals surface area contributed by atoms with E-state index >= 15 is 0 Å². The van der Waals surface area contributed by atoms with Crippen molar-refractivity contribution in [2.75, 3.05) is 18.0 Å². The minimum absolute atomic E-state index is 0.151. The van der Waals surface area contributed by atoms with E-state index in [0.29, 0.717) is 17.5 Å². The van der Waals surface area contributed by atoms with Crippen LogP contribution in [0.5, 0.6) is 0 Å². The number of benzene rings is 1. The van der Waals surface area contributed by atoms with E-state index in [9.17, 15) is 13.6 Å². The van der Waals surface area contributed by atoms with Crippen LogP contribution in [-0.4, -0.2) is 25.3 Å². The second kappa shape index (κ2) is 4.13. The lowest BCUT2D eigenvalue weighted by molar-refractivity contribution is 0.0257. The Bertz CT molecular complexity index is 422. The molecule has 1 aromatic carbocycles. The summed E-state index contributed by atoms with van der Waals surface area (Å²) in [6.07, 6.45) is 0.540. The minimum Gasteiger partial charge on any atom is -0.365 e. The summed E-state index contributed by atoms with van der Waals surface area (Å²) in [5, 5.41) is 0. The summed E-state index contributed by atoms with van der Waals surface area (Å²) in [6.45, 7) is -0.0229. The zero-order valence-electron chi connectivity index (χ0n) is 8.42. The van der Waals surface area contributed by atoms with E-state index in [1.54, 1.807) is 23.1 Å². The molecule has 0 radical (unpaired) electrons. The molecule has 0 spiro atoms. The maximum Gasteiger partial charge on any atom is 0.266 e. The van der Waals surface area contributed by atoms with Gasteiger partial charge in [0.25, 0.3) is 5.92 Å². The average molecular weight is 290 g/mol. The van der Waals surface area contributed by atoms with Gasteiger partial charge in [-0.15, -0.1) is 0 Å². The van der Waals surface area contributed by atoms with Crippen LogP contribution >= 0.6 is 15.9 Å². The second-order valence-corrected chi connectivity index (χ2v) is 4.76. The van der Waals surface area contributed by atoms with Crippen molar-refractivity contribution in [3.63, 3.8) is 0 Å². The molecule has 0 atom stereocenters. The molecule has 1 aromatic rings. The van der Waals surface area contributed by atoms with E-state index in [1.165, 1.54) is 0 Å². The zero-order chi connectivity index (χ0) is 11.8. The van der Waals surface area contributed by atoms with Gasteiger partial charge in [-0.3, -0.25) is 4.79 Å². The number of hydrogen-bond donors (Lipinski definition) is 0. The van der Waals surface area contributed by atoms with Crippen LogP contribution in [0.2, 0.25) is 0 Å². The van der Waals surface area contributed by atoms with Crippen LogP contribution < -0.4 is 4.90 Å². The van der Waals surface area contributed by atoms with Crippen LogP contribution in [0.3, 0.4) is 0 Å². The number of alkyl halides is 2. The molecule has 0 amide bonds. The van der Waals surface area contributed by atoms with Gasteiger partial charge in [-0.25, -0.2) is 8.78 Å². The van der Waals surface area contributed by atoms with E-state index in [0.717, 1.165) is 4.47 Å². The molecule has 16 heavy (non-hydrogen) atoms. The molecule has 2 rings (SSSR count). The van der Waals surface area contributed by atoms with Gasteiger partial charge in [-0.1, -0.05) is 15.9 Å². The first-order valence-corrected chi connectivity index (χ1v) is 5.69. The fourth-order valence-electron chi connectivity index (χ4n) is 1.85. The number of carbonyl (C=O) groups is 1. The van der Waals surface area contributed by atoms with Gasteiger partial charge in [0.05, 0.1) is 6.54 Å². The molecule has 0 aliphatic carbocycles. The molecule has 1 saturated heterocycles. The highest BCUT2D eigenvalue weighted by Gasteiger charge is 2.38. The lowest BCUT2D eigenvalue weighted by Crippen LogP contribution is -2.25. The van der Waals surface area contributed by atoms with Crippen LogP contribution in [0, 0.1) is 0 Å². The summed E-state index contributed by atoms with van der Waals surface area (Å²) >= 11 is 3.24. The summed E-state index contributed by atoms with van der Waals surface area (Å²) < 4.78 is 26.9. The lowest BCUT2D eigenvalue weighted by Gasteiger charge is -2.20. The molecule has 2 nitrogen and oxygen atoms in total. The Morgan fingerprint density at radius 2 is 2.19 bits per heavy atom. The molecular weight excluding hydrogens is 280 g/mol. The van der Waals surface area contributed by atoms with Gasteiger partial charge in [0.2, 0.25) is 0 Å². The van der Waals surface area contributed by atoms with E-state index in [4.69, 9.17) is 0 Å². The monoisotopic (exact) mass is 289 g/mol. The van der Waals surface area contributed by atoms with Gasteiger partial charge in [-0.2, -0.15) is 0 Å². The molecule has 1 aliphatic rings. The molecule has 0 unspecified atom stereocenters. The zero-order valence-corrected chi connectivity index (χ0v) is 10.0. The number of rotatable bonds is 2. The molecule has 0 saturated carbocycles. The quantitative estimate of drug-likeness (QED) is 0.780. The van der Waals surface area contributed by atoms with E-state index < -0.39 is 5.92 Å². The predicted molar refractivity (Wildman–Crippen MR) is 61.3 cm³/mol. The molecule has 0 bridgehead atoms. The topological polar surface area (TPSA) is 20.3 Å². The van der Waals surface area contributed by atoms with E-state index in [-0.39, 0.29) is 19.5 Å². The third kappa shape index (κ3) is 2.24. The number of halogens is 3. The third-order valence-corrected chi connectivity index (χ3v) is 3.12. The Morgan fingerprint density at radius 1 is 1.44 bits per heavy atom. The van der Waals surface area contributed by atoms with Gasteiger partial charge in [-0.05, 0) is 18.2 Å². The van der Waals surface area contributed by atoms with Gasteiger partial charge < -0.3 is 4.90 Å². The van der Waals surface area contributed by atoms with Gasteiger partial charge in [0, 0.05) is 28.7 Å². The Balaban J connectivity index is 2.31. The summed E-state index contributed by atoms with van der Waals surface area (Å²) in [4.78, 5) is 12.4. The average Bonchev–Trinajstić information content (AvgIpc) is 2.58. The maximum absolute atomic E-state index is 13.1. The number of nitrogens with zero attached hydrogens (tertiary/aromatic N) is 1. The summed E-state index contributed by atoms with van der Waals surface area (Å²) in [5.74, 6) is -2.65. The number of carbonyl (C=O) groups excluding carboxylic acids is 1. The van der Waals surface area contributed by atoms with Crippen molar-refractivity contribution in [2.45, 2.75) is 12.3 Å². The largest absolute Gasteiger partial charge is 0.365 e. The smallest absolute Gasteiger partial charge is 0.266 e. The molecule has 0 N–H and O–H groups in total. The summed E-state index contributed by atoms with van der Waals surface area (Å²) in [7, 11) is 0. The molecule has 0 aromatic heterocycles. The van der Waals surface area contributed by atoms with Crippen molar-refractivity contribution < 1.29 is 13.6 Å². The summed E-state index contributed by atoms with van der Waals surface area (Å²) in [5.41, 5.74) is 1.02. The highest BCUT2D eigenvalue weighted by molar-refractivity contribution is 9.10. The van der Waals surface area contributed by atoms with Crippen LogP contribution in [-0.2, 0) is 0 Å². The molecule has 5 heteroatoms. The minimum atomic E-state index is -2.65. The van der Waals surface area contributed by atoms with Gasteiger partial charge in [0.1, 0.15) is 0 Å². The maximum atomic E-state index is 13.1. The van der Waals surface area contributed by atoms with E-state index in [1.807, 2.05) is 0 Å². The first kappa shape index (κ1) is 11.5. The molecule has 86 valence electrons. The Morgan fingerprint density at radius 3 is 2.75 bits per heavy atom. The van der Waals surface area contributed by atoms with Crippen molar-refractivity contribution in [3.05, 3.63) is 28.2 Å². The number of aldehydes is 1. The second-order valence-electron chi connectivity index (χ2n) is 3.85. The SMILES string of the molecule is O=Cc1cc(Br)ccc1N1CCC(F)(F)C1. The fourth-order valence-corrected chi connectivity index (χ4v) is 2.23. The van der Waals surface area contributed by atoms with Gasteiger partial charge >= 0.3 is 0 Å². The molecule has 1 aliphatic heterocycles. The van der Waals surface area contributed by atoms with Crippen LogP contribution in [0.15, 0.2) is 22.7 Å². The van der Waals surface area contributed by atoms with Crippen molar-refractivity contribution >= 4 is 27.9 Å². The molecule has 1 fully saturated rings. The number of anilines is 1. The van der Waals surface area contributed by atoms with Crippen LogP contribution in [0.25, 0.3) is 0 Å². The Labute approximate surface area is 100 Å². The molecular formula is C11H10BrF2NO. The predicted octanol–water partition coefficient (Wildman–Crippen LogP) is 3.11. The third-order valence-electron chi connectivity index (χ3n) is 2.63. The van der Waals surface area contributed by atoms with Crippen LogP contribution in [0.4, 0.5) is 14.5 Å². The standard InChI is InChI=1S/C11H10BrF2NO/c12-9-1-2-10(8(5-9)6-16)15-4-3-11(13,14)7-15/h1-2,5-6H,3-4,7H2. The van der Waals surface area contributed by atoms with Crippen molar-refractivity contribution in [2.24, 2.45) is 0 Å². The van der Waals surface area contributed by atoms with Crippen molar-refractivity contribution in [1.82, 2.24) is 0 Å². The first-order valence-electron chi connectivity index (χ1n) is 4.89. The Kier molecular flexibility index (Phi) is 2.97. The van der Waals surface area contributed by atoms with Crippen molar-refractivity contribution in [3.8, 4) is 0 Å². The lowest BCUT2D eigenvalue weighted by atomic mass is 10.2. The first-order chi connectivity index (χ1) is 7.52.